The highest BCUT2D eigenvalue weighted by Gasteiger charge is 2.12. The van der Waals surface area contributed by atoms with Crippen molar-refractivity contribution in [2.75, 3.05) is 12.8 Å². The Morgan fingerprint density at radius 2 is 1.71 bits per heavy atom. The average molecular weight is 303 g/mol. The van der Waals surface area contributed by atoms with Gasteiger partial charge in [-0.05, 0) is 56.1 Å². The average Bonchev–Trinajstić information content (AvgIpc) is 2.48. The Kier molecular flexibility index (Phi) is 5.83. The summed E-state index contributed by atoms with van der Waals surface area (Å²) in [4.78, 5) is 0.722. The Morgan fingerprint density at radius 3 is 2.33 bits per heavy atom. The second kappa shape index (κ2) is 7.62. The van der Waals surface area contributed by atoms with Crippen LogP contribution in [-0.2, 0) is 6.42 Å². The summed E-state index contributed by atoms with van der Waals surface area (Å²) in [7, 11) is 1.97. The smallest absolute Gasteiger partial charge is 0.136 e. The number of benzene rings is 2. The standard InChI is InChI=1S/C18H22FNS/c1-13-7-6-8-14(2)16(13)11-15(20-3)12-21-18-10-5-4-9-17(18)19/h4-10,15,20H,11-12H2,1-3H3. The molecule has 1 unspecified atom stereocenters. The van der Waals surface area contributed by atoms with E-state index in [0.29, 0.717) is 6.04 Å². The molecule has 0 aliphatic carbocycles. The van der Waals surface area contributed by atoms with E-state index < -0.39 is 0 Å². The summed E-state index contributed by atoms with van der Waals surface area (Å²) in [5, 5.41) is 3.35. The van der Waals surface area contributed by atoms with Crippen LogP contribution in [0.1, 0.15) is 16.7 Å². The van der Waals surface area contributed by atoms with Gasteiger partial charge in [0.15, 0.2) is 0 Å². The first-order chi connectivity index (χ1) is 10.1. The number of halogens is 1. The van der Waals surface area contributed by atoms with Gasteiger partial charge in [0.25, 0.3) is 0 Å². The summed E-state index contributed by atoms with van der Waals surface area (Å²) in [6, 6.07) is 13.7. The van der Waals surface area contributed by atoms with Crippen molar-refractivity contribution in [2.45, 2.75) is 31.2 Å². The van der Waals surface area contributed by atoms with Crippen molar-refractivity contribution < 1.29 is 4.39 Å². The number of hydrogen-bond acceptors (Lipinski definition) is 2. The third kappa shape index (κ3) is 4.32. The Hall–Kier alpha value is -1.32. The van der Waals surface area contributed by atoms with E-state index >= 15 is 0 Å². The maximum Gasteiger partial charge on any atom is 0.136 e. The van der Waals surface area contributed by atoms with Crippen LogP contribution in [0.3, 0.4) is 0 Å². The normalized spacial score (nSPS) is 12.4. The molecule has 1 N–H and O–H groups in total. The second-order valence-corrected chi connectivity index (χ2v) is 6.36. The number of hydrogen-bond donors (Lipinski definition) is 1. The largest absolute Gasteiger partial charge is 0.316 e. The van der Waals surface area contributed by atoms with Crippen LogP contribution in [0, 0.1) is 19.7 Å². The van der Waals surface area contributed by atoms with Gasteiger partial charge in [-0.2, -0.15) is 0 Å². The van der Waals surface area contributed by atoms with Crippen molar-refractivity contribution in [3.63, 3.8) is 0 Å². The van der Waals surface area contributed by atoms with Gasteiger partial charge in [0.05, 0.1) is 0 Å². The predicted octanol–water partition coefficient (Wildman–Crippen LogP) is 4.37. The van der Waals surface area contributed by atoms with E-state index in [9.17, 15) is 4.39 Å². The first-order valence-corrected chi connectivity index (χ1v) is 8.20. The summed E-state index contributed by atoms with van der Waals surface area (Å²) < 4.78 is 13.7. The van der Waals surface area contributed by atoms with Crippen molar-refractivity contribution in [3.05, 3.63) is 65.0 Å². The van der Waals surface area contributed by atoms with E-state index in [4.69, 9.17) is 0 Å². The molecule has 0 saturated carbocycles. The Balaban J connectivity index is 2.02. The maximum absolute atomic E-state index is 13.7. The van der Waals surface area contributed by atoms with Crippen molar-refractivity contribution in [2.24, 2.45) is 0 Å². The summed E-state index contributed by atoms with van der Waals surface area (Å²) >= 11 is 1.57. The van der Waals surface area contributed by atoms with Gasteiger partial charge in [-0.15, -0.1) is 11.8 Å². The minimum absolute atomic E-state index is 0.135. The molecule has 2 aromatic rings. The van der Waals surface area contributed by atoms with Crippen LogP contribution in [0.4, 0.5) is 4.39 Å². The van der Waals surface area contributed by atoms with Crippen molar-refractivity contribution >= 4 is 11.8 Å². The molecule has 0 amide bonds. The number of likely N-dealkylation sites (N-methyl/N-ethyl adjacent to an activating group) is 1. The quantitative estimate of drug-likeness (QED) is 0.796. The number of rotatable bonds is 6. The monoisotopic (exact) mass is 303 g/mol. The minimum Gasteiger partial charge on any atom is -0.316 e. The highest BCUT2D eigenvalue weighted by atomic mass is 32.2. The molecule has 2 aromatic carbocycles. The third-order valence-corrected chi connectivity index (χ3v) is 4.99. The molecule has 2 rings (SSSR count). The van der Waals surface area contributed by atoms with Crippen LogP contribution >= 0.6 is 11.8 Å². The molecule has 0 radical (unpaired) electrons. The lowest BCUT2D eigenvalue weighted by Gasteiger charge is -2.19. The SMILES string of the molecule is CNC(CSc1ccccc1F)Cc1c(C)cccc1C. The van der Waals surface area contributed by atoms with Crippen LogP contribution in [0.5, 0.6) is 0 Å². The molecule has 21 heavy (non-hydrogen) atoms. The summed E-state index contributed by atoms with van der Waals surface area (Å²) in [6.07, 6.45) is 0.969. The zero-order valence-electron chi connectivity index (χ0n) is 12.8. The second-order valence-electron chi connectivity index (χ2n) is 5.30. The van der Waals surface area contributed by atoms with Crippen LogP contribution in [-0.4, -0.2) is 18.8 Å². The molecular formula is C18H22FNS. The molecule has 0 fully saturated rings. The summed E-state index contributed by atoms with van der Waals surface area (Å²) in [5.41, 5.74) is 4.04. The molecule has 0 saturated heterocycles. The van der Waals surface area contributed by atoms with E-state index in [2.05, 4.69) is 37.4 Å². The lowest BCUT2D eigenvalue weighted by Crippen LogP contribution is -2.30. The molecule has 0 spiro atoms. The minimum atomic E-state index is -0.135. The fourth-order valence-corrected chi connectivity index (χ4v) is 3.46. The van der Waals surface area contributed by atoms with Crippen molar-refractivity contribution in [3.8, 4) is 0 Å². The van der Waals surface area contributed by atoms with Crippen LogP contribution in [0.15, 0.2) is 47.4 Å². The van der Waals surface area contributed by atoms with Crippen LogP contribution in [0.2, 0.25) is 0 Å². The van der Waals surface area contributed by atoms with Gasteiger partial charge in [0, 0.05) is 16.7 Å². The zero-order valence-corrected chi connectivity index (χ0v) is 13.6. The first-order valence-electron chi connectivity index (χ1n) is 7.21. The lowest BCUT2D eigenvalue weighted by molar-refractivity contribution is 0.597. The van der Waals surface area contributed by atoms with Gasteiger partial charge < -0.3 is 5.32 Å². The van der Waals surface area contributed by atoms with Gasteiger partial charge in [-0.3, -0.25) is 0 Å². The Labute approximate surface area is 131 Å². The first kappa shape index (κ1) is 16.1. The van der Waals surface area contributed by atoms with Gasteiger partial charge >= 0.3 is 0 Å². The number of nitrogens with one attached hydrogen (secondary N) is 1. The molecule has 1 atom stereocenters. The topological polar surface area (TPSA) is 12.0 Å². The molecule has 0 aromatic heterocycles. The molecule has 112 valence electrons. The molecule has 3 heteroatoms. The Bertz CT molecular complexity index is 577. The van der Waals surface area contributed by atoms with Crippen molar-refractivity contribution in [1.29, 1.82) is 0 Å². The number of aryl methyl sites for hydroxylation is 2. The predicted molar refractivity (Wildman–Crippen MR) is 89.6 cm³/mol. The third-order valence-electron chi connectivity index (χ3n) is 3.78. The maximum atomic E-state index is 13.7. The molecule has 0 aliphatic rings. The highest BCUT2D eigenvalue weighted by molar-refractivity contribution is 7.99. The van der Waals surface area contributed by atoms with Crippen LogP contribution in [0.25, 0.3) is 0 Å². The fraction of sp³-hybridized carbons (Fsp3) is 0.333. The van der Waals surface area contributed by atoms with Gasteiger partial charge in [-0.1, -0.05) is 30.3 Å². The van der Waals surface area contributed by atoms with Gasteiger partial charge in [0.1, 0.15) is 5.82 Å². The van der Waals surface area contributed by atoms with E-state index in [-0.39, 0.29) is 5.82 Å². The summed E-state index contributed by atoms with van der Waals surface area (Å²) in [5.74, 6) is 0.718. The Morgan fingerprint density at radius 1 is 1.05 bits per heavy atom. The van der Waals surface area contributed by atoms with E-state index in [1.807, 2.05) is 19.2 Å². The molecule has 0 aliphatic heterocycles. The highest BCUT2D eigenvalue weighted by Crippen LogP contribution is 2.23. The van der Waals surface area contributed by atoms with E-state index in [0.717, 1.165) is 17.1 Å². The number of thioether (sulfide) groups is 1. The van der Waals surface area contributed by atoms with Crippen molar-refractivity contribution in [1.82, 2.24) is 5.32 Å². The van der Waals surface area contributed by atoms with Crippen LogP contribution < -0.4 is 5.32 Å². The lowest BCUT2D eigenvalue weighted by atomic mass is 9.97. The van der Waals surface area contributed by atoms with E-state index in [1.54, 1.807) is 17.8 Å². The van der Waals surface area contributed by atoms with E-state index in [1.165, 1.54) is 22.8 Å². The molecule has 1 nitrogen and oxygen atoms in total. The fourth-order valence-electron chi connectivity index (χ4n) is 2.41. The summed E-state index contributed by atoms with van der Waals surface area (Å²) in [6.45, 7) is 4.30. The zero-order chi connectivity index (χ0) is 15.2. The molecule has 0 heterocycles. The van der Waals surface area contributed by atoms with Gasteiger partial charge in [-0.25, -0.2) is 4.39 Å². The molecule has 0 bridgehead atoms. The van der Waals surface area contributed by atoms with Gasteiger partial charge in [0.2, 0.25) is 0 Å². The molecular weight excluding hydrogens is 281 g/mol.